The fourth-order valence-electron chi connectivity index (χ4n) is 2.82. The summed E-state index contributed by atoms with van der Waals surface area (Å²) in [6, 6.07) is 0. The first-order valence-electron chi connectivity index (χ1n) is 8.52. The van der Waals surface area contributed by atoms with Crippen LogP contribution in [-0.2, 0) is 9.53 Å². The van der Waals surface area contributed by atoms with Gasteiger partial charge in [-0.2, -0.15) is 0 Å². The first-order valence-corrected chi connectivity index (χ1v) is 8.52. The summed E-state index contributed by atoms with van der Waals surface area (Å²) >= 11 is 0. The highest BCUT2D eigenvalue weighted by Gasteiger charge is 2.14. The van der Waals surface area contributed by atoms with Crippen molar-refractivity contribution in [1.29, 1.82) is 0 Å². The van der Waals surface area contributed by atoms with E-state index >= 15 is 0 Å². The van der Waals surface area contributed by atoms with Crippen molar-refractivity contribution in [2.45, 2.75) is 103 Å². The molecule has 2 nitrogen and oxygen atoms in total. The van der Waals surface area contributed by atoms with Gasteiger partial charge in [-0.3, -0.25) is 4.79 Å². The van der Waals surface area contributed by atoms with Crippen LogP contribution in [0.1, 0.15) is 96.8 Å². The second-order valence-corrected chi connectivity index (χ2v) is 5.97. The van der Waals surface area contributed by atoms with Crippen LogP contribution < -0.4 is 0 Å². The van der Waals surface area contributed by atoms with Crippen molar-refractivity contribution < 1.29 is 9.53 Å². The van der Waals surface area contributed by atoms with Gasteiger partial charge in [0.15, 0.2) is 0 Å². The van der Waals surface area contributed by atoms with Gasteiger partial charge in [-0.05, 0) is 25.7 Å². The molecule has 0 aromatic rings. The van der Waals surface area contributed by atoms with Crippen molar-refractivity contribution in [3.63, 3.8) is 0 Å². The number of unbranched alkanes of at least 4 members (excludes halogenated alkanes) is 1. The smallest absolute Gasteiger partial charge is 0.306 e. The van der Waals surface area contributed by atoms with E-state index in [2.05, 4.69) is 6.92 Å². The van der Waals surface area contributed by atoms with Gasteiger partial charge in [0, 0.05) is 6.42 Å². The molecular weight excluding hydrogens is 236 g/mol. The number of hydrogen-bond acceptors (Lipinski definition) is 2. The van der Waals surface area contributed by atoms with Crippen molar-refractivity contribution in [3.05, 3.63) is 0 Å². The average Bonchev–Trinajstić information content (AvgIpc) is 2.41. The molecule has 19 heavy (non-hydrogen) atoms. The Bertz CT molecular complexity index is 225. The normalized spacial score (nSPS) is 24.5. The number of carbonyl (C=O) groups excluding carboxylic acids is 1. The zero-order chi connectivity index (χ0) is 13.8. The molecule has 0 bridgehead atoms. The molecule has 1 fully saturated rings. The summed E-state index contributed by atoms with van der Waals surface area (Å²) < 4.78 is 5.66. The minimum Gasteiger partial charge on any atom is -0.462 e. The van der Waals surface area contributed by atoms with Crippen LogP contribution in [0.4, 0.5) is 0 Å². The summed E-state index contributed by atoms with van der Waals surface area (Å²) in [5, 5.41) is 0. The highest BCUT2D eigenvalue weighted by Crippen LogP contribution is 2.18. The predicted octanol–water partition coefficient (Wildman–Crippen LogP) is 5.39. The van der Waals surface area contributed by atoms with E-state index in [0.717, 1.165) is 19.3 Å². The molecule has 1 aliphatic rings. The summed E-state index contributed by atoms with van der Waals surface area (Å²) in [4.78, 5) is 11.8. The largest absolute Gasteiger partial charge is 0.462 e. The van der Waals surface area contributed by atoms with Crippen LogP contribution in [0.3, 0.4) is 0 Å². The van der Waals surface area contributed by atoms with Gasteiger partial charge in [-0.15, -0.1) is 0 Å². The molecule has 0 aromatic carbocycles. The first-order chi connectivity index (χ1) is 9.33. The number of rotatable bonds is 3. The summed E-state index contributed by atoms with van der Waals surface area (Å²) in [7, 11) is 0. The minimum absolute atomic E-state index is 0.0400. The Morgan fingerprint density at radius 2 is 1.53 bits per heavy atom. The van der Waals surface area contributed by atoms with E-state index in [0.29, 0.717) is 6.42 Å². The van der Waals surface area contributed by atoms with Crippen LogP contribution in [-0.4, -0.2) is 12.1 Å². The lowest BCUT2D eigenvalue weighted by atomic mass is 10.0. The predicted molar refractivity (Wildman–Crippen MR) is 80.2 cm³/mol. The third-order valence-electron chi connectivity index (χ3n) is 4.08. The van der Waals surface area contributed by atoms with Crippen molar-refractivity contribution in [2.75, 3.05) is 0 Å². The number of ether oxygens (including phenoxy) is 1. The lowest BCUT2D eigenvalue weighted by molar-refractivity contribution is -0.150. The second-order valence-electron chi connectivity index (χ2n) is 5.97. The Morgan fingerprint density at radius 1 is 0.947 bits per heavy atom. The van der Waals surface area contributed by atoms with Gasteiger partial charge in [-0.1, -0.05) is 64.7 Å². The summed E-state index contributed by atoms with van der Waals surface area (Å²) in [6.07, 6.45) is 16.8. The van der Waals surface area contributed by atoms with E-state index in [9.17, 15) is 4.79 Å². The number of carbonyl (C=O) groups is 1. The molecule has 0 aliphatic carbocycles. The van der Waals surface area contributed by atoms with E-state index in [-0.39, 0.29) is 12.1 Å². The molecule has 112 valence electrons. The van der Waals surface area contributed by atoms with Gasteiger partial charge in [0.1, 0.15) is 6.10 Å². The molecular formula is C17H32O2. The van der Waals surface area contributed by atoms with Crippen molar-refractivity contribution >= 4 is 5.97 Å². The molecule has 0 spiro atoms. The molecule has 1 atom stereocenters. The van der Waals surface area contributed by atoms with Crippen LogP contribution in [0.25, 0.3) is 0 Å². The SMILES string of the molecule is CCCCC1CCCCCCCCCCCC(=O)O1. The first kappa shape index (κ1) is 16.5. The number of hydrogen-bond donors (Lipinski definition) is 0. The fourth-order valence-corrected chi connectivity index (χ4v) is 2.82. The Kier molecular flexibility index (Phi) is 9.84. The van der Waals surface area contributed by atoms with Gasteiger partial charge in [0.2, 0.25) is 0 Å². The molecule has 0 radical (unpaired) electrons. The van der Waals surface area contributed by atoms with Crippen LogP contribution in [0.15, 0.2) is 0 Å². The van der Waals surface area contributed by atoms with Crippen molar-refractivity contribution in [1.82, 2.24) is 0 Å². The molecule has 0 aromatic heterocycles. The Morgan fingerprint density at radius 3 is 2.16 bits per heavy atom. The van der Waals surface area contributed by atoms with Crippen LogP contribution >= 0.6 is 0 Å². The van der Waals surface area contributed by atoms with Crippen LogP contribution in [0.5, 0.6) is 0 Å². The minimum atomic E-state index is 0.0400. The number of cyclic esters (lactones) is 1. The van der Waals surface area contributed by atoms with Gasteiger partial charge in [-0.25, -0.2) is 0 Å². The van der Waals surface area contributed by atoms with E-state index in [1.807, 2.05) is 0 Å². The molecule has 2 heteroatoms. The zero-order valence-corrected chi connectivity index (χ0v) is 12.8. The fraction of sp³-hybridized carbons (Fsp3) is 0.941. The van der Waals surface area contributed by atoms with Gasteiger partial charge < -0.3 is 4.74 Å². The van der Waals surface area contributed by atoms with Gasteiger partial charge in [0.25, 0.3) is 0 Å². The molecule has 1 saturated heterocycles. The van der Waals surface area contributed by atoms with Crippen molar-refractivity contribution in [3.8, 4) is 0 Å². The van der Waals surface area contributed by atoms with E-state index in [4.69, 9.17) is 4.74 Å². The topological polar surface area (TPSA) is 26.3 Å². The maximum absolute atomic E-state index is 11.8. The standard InChI is InChI=1S/C17H32O2/c1-2-3-13-16-14-11-9-7-5-4-6-8-10-12-15-17(18)19-16/h16H,2-15H2,1H3. The molecule has 1 heterocycles. The lowest BCUT2D eigenvalue weighted by Gasteiger charge is -2.18. The Hall–Kier alpha value is -0.530. The second kappa shape index (κ2) is 11.3. The quantitative estimate of drug-likeness (QED) is 0.641. The summed E-state index contributed by atoms with van der Waals surface area (Å²) in [6.45, 7) is 2.20. The van der Waals surface area contributed by atoms with Crippen molar-refractivity contribution in [2.24, 2.45) is 0 Å². The van der Waals surface area contributed by atoms with Crippen LogP contribution in [0.2, 0.25) is 0 Å². The Labute approximate surface area is 119 Å². The molecule has 1 unspecified atom stereocenters. The van der Waals surface area contributed by atoms with E-state index < -0.39 is 0 Å². The monoisotopic (exact) mass is 268 g/mol. The maximum Gasteiger partial charge on any atom is 0.306 e. The maximum atomic E-state index is 11.8. The Balaban J connectivity index is 2.34. The third-order valence-corrected chi connectivity index (χ3v) is 4.08. The lowest BCUT2D eigenvalue weighted by Crippen LogP contribution is -2.18. The van der Waals surface area contributed by atoms with Crippen LogP contribution in [0, 0.1) is 0 Å². The molecule has 0 N–H and O–H groups in total. The van der Waals surface area contributed by atoms with Gasteiger partial charge in [0.05, 0.1) is 0 Å². The van der Waals surface area contributed by atoms with E-state index in [1.54, 1.807) is 0 Å². The number of esters is 1. The molecule has 0 saturated carbocycles. The highest BCUT2D eigenvalue weighted by molar-refractivity contribution is 5.69. The summed E-state index contributed by atoms with van der Waals surface area (Å²) in [5.41, 5.74) is 0. The third kappa shape index (κ3) is 9.07. The van der Waals surface area contributed by atoms with Gasteiger partial charge >= 0.3 is 5.97 Å². The molecule has 1 rings (SSSR count). The zero-order valence-electron chi connectivity index (χ0n) is 12.8. The molecule has 1 aliphatic heterocycles. The average molecular weight is 268 g/mol. The highest BCUT2D eigenvalue weighted by atomic mass is 16.5. The summed E-state index contributed by atoms with van der Waals surface area (Å²) in [5.74, 6) is 0.0400. The van der Waals surface area contributed by atoms with E-state index in [1.165, 1.54) is 64.2 Å². The molecule has 0 amide bonds.